The molecule has 0 heterocycles. The van der Waals surface area contributed by atoms with Gasteiger partial charge in [-0.1, -0.05) is 50.6 Å². The molecular weight excluding hydrogens is 268 g/mol. The van der Waals surface area contributed by atoms with E-state index in [0.29, 0.717) is 13.1 Å². The van der Waals surface area contributed by atoms with Crippen LogP contribution in [0.1, 0.15) is 31.9 Å². The molecule has 0 aliphatic carbocycles. The number of urea groups is 1. The molecule has 2 N–H and O–H groups in total. The summed E-state index contributed by atoms with van der Waals surface area (Å²) in [6.45, 7) is 9.79. The Balaban J connectivity index is 2.07. The number of amides is 2. The van der Waals surface area contributed by atoms with Gasteiger partial charge in [0.15, 0.2) is 0 Å². The van der Waals surface area contributed by atoms with Crippen molar-refractivity contribution in [1.29, 1.82) is 0 Å². The summed E-state index contributed by atoms with van der Waals surface area (Å²) in [5.41, 5.74) is 2.74. The van der Waals surface area contributed by atoms with Gasteiger partial charge in [0.25, 0.3) is 0 Å². The predicted octanol–water partition coefficient (Wildman–Crippen LogP) is 3.57. The maximum atomic E-state index is 11.5. The van der Waals surface area contributed by atoms with Gasteiger partial charge in [0, 0.05) is 24.6 Å². The van der Waals surface area contributed by atoms with E-state index in [1.165, 1.54) is 11.1 Å². The minimum atomic E-state index is -0.0733. The third kappa shape index (κ3) is 8.10. The molecule has 3 nitrogen and oxygen atoms in total. The Kier molecular flexibility index (Phi) is 6.93. The highest BCUT2D eigenvalue weighted by atomic mass is 32.2. The molecule has 0 fully saturated rings. The van der Waals surface area contributed by atoms with E-state index < -0.39 is 0 Å². The standard InChI is InChI=1S/C16H26N2OS/c1-13-5-7-14(8-6-13)11-20-10-9-17-15(19)18-12-16(2,3)4/h5-8H,9-12H2,1-4H3,(H2,17,18,19). The van der Waals surface area contributed by atoms with Crippen molar-refractivity contribution in [3.63, 3.8) is 0 Å². The van der Waals surface area contributed by atoms with Gasteiger partial charge in [-0.2, -0.15) is 11.8 Å². The molecule has 0 radical (unpaired) electrons. The summed E-state index contributed by atoms with van der Waals surface area (Å²) in [7, 11) is 0. The fraction of sp³-hybridized carbons (Fsp3) is 0.562. The molecule has 1 aromatic rings. The van der Waals surface area contributed by atoms with Crippen molar-refractivity contribution in [3.05, 3.63) is 35.4 Å². The first kappa shape index (κ1) is 16.9. The van der Waals surface area contributed by atoms with Crippen LogP contribution >= 0.6 is 11.8 Å². The van der Waals surface area contributed by atoms with E-state index >= 15 is 0 Å². The van der Waals surface area contributed by atoms with Gasteiger partial charge in [-0.3, -0.25) is 0 Å². The summed E-state index contributed by atoms with van der Waals surface area (Å²) >= 11 is 1.84. The largest absolute Gasteiger partial charge is 0.338 e. The lowest BCUT2D eigenvalue weighted by Crippen LogP contribution is -2.40. The zero-order chi connectivity index (χ0) is 15.0. The fourth-order valence-electron chi connectivity index (χ4n) is 1.52. The Labute approximate surface area is 126 Å². The number of rotatable bonds is 6. The molecule has 0 bridgehead atoms. The van der Waals surface area contributed by atoms with Gasteiger partial charge < -0.3 is 10.6 Å². The van der Waals surface area contributed by atoms with Crippen LogP contribution in [0.4, 0.5) is 4.79 Å². The third-order valence-electron chi connectivity index (χ3n) is 2.70. The van der Waals surface area contributed by atoms with Crippen molar-refractivity contribution in [2.24, 2.45) is 5.41 Å². The fourth-order valence-corrected chi connectivity index (χ4v) is 2.34. The van der Waals surface area contributed by atoms with Crippen LogP contribution in [0, 0.1) is 12.3 Å². The zero-order valence-corrected chi connectivity index (χ0v) is 13.8. The summed E-state index contributed by atoms with van der Waals surface area (Å²) in [5.74, 6) is 1.92. The number of carbonyl (C=O) groups is 1. The van der Waals surface area contributed by atoms with Crippen LogP contribution in [-0.4, -0.2) is 24.9 Å². The van der Waals surface area contributed by atoms with Crippen LogP contribution in [0.3, 0.4) is 0 Å². The van der Waals surface area contributed by atoms with Gasteiger partial charge in [0.05, 0.1) is 0 Å². The van der Waals surface area contributed by atoms with E-state index in [1.807, 2.05) is 11.8 Å². The van der Waals surface area contributed by atoms with Gasteiger partial charge in [0.2, 0.25) is 0 Å². The Morgan fingerprint density at radius 3 is 2.40 bits per heavy atom. The molecule has 20 heavy (non-hydrogen) atoms. The number of thioether (sulfide) groups is 1. The van der Waals surface area contributed by atoms with Crippen molar-refractivity contribution in [2.45, 2.75) is 33.4 Å². The molecule has 0 aliphatic rings. The third-order valence-corrected chi connectivity index (χ3v) is 3.73. The molecule has 0 saturated heterocycles. The van der Waals surface area contributed by atoms with Crippen LogP contribution in [0.15, 0.2) is 24.3 Å². The number of hydrogen-bond acceptors (Lipinski definition) is 2. The highest BCUT2D eigenvalue weighted by Crippen LogP contribution is 2.12. The first-order chi connectivity index (χ1) is 9.37. The number of hydrogen-bond donors (Lipinski definition) is 2. The molecule has 1 rings (SSSR count). The Hall–Kier alpha value is -1.16. The molecule has 112 valence electrons. The van der Waals surface area contributed by atoms with Gasteiger partial charge in [-0.05, 0) is 17.9 Å². The summed E-state index contributed by atoms with van der Waals surface area (Å²) in [6, 6.07) is 8.51. The molecule has 0 aromatic heterocycles. The van der Waals surface area contributed by atoms with E-state index in [9.17, 15) is 4.79 Å². The van der Waals surface area contributed by atoms with Crippen LogP contribution < -0.4 is 10.6 Å². The van der Waals surface area contributed by atoms with Crippen molar-refractivity contribution in [1.82, 2.24) is 10.6 Å². The van der Waals surface area contributed by atoms with Crippen molar-refractivity contribution >= 4 is 17.8 Å². The second kappa shape index (κ2) is 8.20. The van der Waals surface area contributed by atoms with Crippen molar-refractivity contribution in [2.75, 3.05) is 18.8 Å². The van der Waals surface area contributed by atoms with E-state index in [-0.39, 0.29) is 11.4 Å². The quantitative estimate of drug-likeness (QED) is 0.787. The first-order valence-corrected chi connectivity index (χ1v) is 8.17. The lowest BCUT2D eigenvalue weighted by atomic mass is 9.97. The minimum absolute atomic E-state index is 0.0733. The summed E-state index contributed by atoms with van der Waals surface area (Å²) in [4.78, 5) is 11.5. The minimum Gasteiger partial charge on any atom is -0.338 e. The van der Waals surface area contributed by atoms with Gasteiger partial charge in [0.1, 0.15) is 0 Å². The topological polar surface area (TPSA) is 41.1 Å². The average molecular weight is 294 g/mol. The molecule has 0 spiro atoms. The Bertz CT molecular complexity index is 409. The van der Waals surface area contributed by atoms with Crippen LogP contribution in [0.5, 0.6) is 0 Å². The SMILES string of the molecule is Cc1ccc(CSCCNC(=O)NCC(C)(C)C)cc1. The Morgan fingerprint density at radius 2 is 1.80 bits per heavy atom. The van der Waals surface area contributed by atoms with E-state index in [0.717, 1.165) is 11.5 Å². The smallest absolute Gasteiger partial charge is 0.314 e. The highest BCUT2D eigenvalue weighted by molar-refractivity contribution is 7.98. The molecule has 4 heteroatoms. The van der Waals surface area contributed by atoms with Crippen LogP contribution in [0.25, 0.3) is 0 Å². The molecule has 2 amide bonds. The summed E-state index contributed by atoms with van der Waals surface area (Å²) in [5, 5.41) is 5.76. The predicted molar refractivity (Wildman–Crippen MR) is 88.2 cm³/mol. The normalized spacial score (nSPS) is 11.2. The number of benzene rings is 1. The first-order valence-electron chi connectivity index (χ1n) is 7.02. The summed E-state index contributed by atoms with van der Waals surface area (Å²) in [6.07, 6.45) is 0. The molecule has 0 saturated carbocycles. The molecular formula is C16H26N2OS. The highest BCUT2D eigenvalue weighted by Gasteiger charge is 2.11. The Morgan fingerprint density at radius 1 is 1.15 bits per heavy atom. The van der Waals surface area contributed by atoms with Crippen molar-refractivity contribution in [3.8, 4) is 0 Å². The van der Waals surface area contributed by atoms with Crippen LogP contribution in [-0.2, 0) is 5.75 Å². The monoisotopic (exact) mass is 294 g/mol. The van der Waals surface area contributed by atoms with E-state index in [1.54, 1.807) is 0 Å². The van der Waals surface area contributed by atoms with Gasteiger partial charge in [-0.15, -0.1) is 0 Å². The van der Waals surface area contributed by atoms with E-state index in [4.69, 9.17) is 0 Å². The van der Waals surface area contributed by atoms with Gasteiger partial charge in [-0.25, -0.2) is 4.79 Å². The molecule has 0 atom stereocenters. The number of aryl methyl sites for hydroxylation is 1. The van der Waals surface area contributed by atoms with Gasteiger partial charge >= 0.3 is 6.03 Å². The van der Waals surface area contributed by atoms with E-state index in [2.05, 4.69) is 62.6 Å². The zero-order valence-electron chi connectivity index (χ0n) is 13.0. The average Bonchev–Trinajstić information content (AvgIpc) is 2.37. The summed E-state index contributed by atoms with van der Waals surface area (Å²) < 4.78 is 0. The second-order valence-corrected chi connectivity index (χ2v) is 7.31. The molecule has 0 aliphatic heterocycles. The molecule has 1 aromatic carbocycles. The van der Waals surface area contributed by atoms with Crippen molar-refractivity contribution < 1.29 is 4.79 Å². The second-order valence-electron chi connectivity index (χ2n) is 6.21. The maximum absolute atomic E-state index is 11.5. The maximum Gasteiger partial charge on any atom is 0.314 e. The number of carbonyl (C=O) groups excluding carboxylic acids is 1. The number of nitrogens with one attached hydrogen (secondary N) is 2. The molecule has 0 unspecified atom stereocenters. The lowest BCUT2D eigenvalue weighted by Gasteiger charge is -2.18. The van der Waals surface area contributed by atoms with Crippen LogP contribution in [0.2, 0.25) is 0 Å². The lowest BCUT2D eigenvalue weighted by molar-refractivity contribution is 0.236.